The zero-order chi connectivity index (χ0) is 14.0. The van der Waals surface area contributed by atoms with Crippen molar-refractivity contribution in [2.24, 2.45) is 0 Å². The van der Waals surface area contributed by atoms with E-state index in [2.05, 4.69) is 20.3 Å². The van der Waals surface area contributed by atoms with Crippen LogP contribution in [0, 0.1) is 0 Å². The molecule has 0 fully saturated rings. The van der Waals surface area contributed by atoms with E-state index in [4.69, 9.17) is 4.74 Å². The first-order chi connectivity index (χ1) is 9.62. The number of aliphatic hydroxyl groups is 1. The number of anilines is 1. The number of benzene rings is 1. The van der Waals surface area contributed by atoms with E-state index >= 15 is 0 Å². The van der Waals surface area contributed by atoms with Crippen LogP contribution in [0.1, 0.15) is 6.92 Å². The van der Waals surface area contributed by atoms with Gasteiger partial charge in [0.1, 0.15) is 12.1 Å². The zero-order valence-electron chi connectivity index (χ0n) is 10.9. The third-order valence-electron chi connectivity index (χ3n) is 2.77. The standard InChI is InChI=1S/C14H14N4O2/c1-14(19,18-11-4-5-15-8-11)20-12-3-2-10-7-16-9-17-13(10)6-12/h2-9,15,18-19H,1H3. The number of aromatic amines is 1. The monoisotopic (exact) mass is 270 g/mol. The summed E-state index contributed by atoms with van der Waals surface area (Å²) in [5, 5.41) is 14.0. The number of ether oxygens (including phenoxy) is 1. The van der Waals surface area contributed by atoms with Crippen molar-refractivity contribution >= 4 is 16.6 Å². The Balaban J connectivity index is 1.81. The van der Waals surface area contributed by atoms with Gasteiger partial charge in [0.05, 0.1) is 11.2 Å². The van der Waals surface area contributed by atoms with Crippen LogP contribution >= 0.6 is 0 Å². The van der Waals surface area contributed by atoms with Gasteiger partial charge < -0.3 is 20.1 Å². The molecule has 1 aromatic carbocycles. The van der Waals surface area contributed by atoms with Gasteiger partial charge in [-0.1, -0.05) is 0 Å². The first-order valence-electron chi connectivity index (χ1n) is 6.14. The predicted octanol–water partition coefficient (Wildman–Crippen LogP) is 2.11. The molecule has 0 spiro atoms. The normalized spacial score (nSPS) is 13.9. The Hall–Kier alpha value is -2.60. The van der Waals surface area contributed by atoms with E-state index in [1.165, 1.54) is 13.3 Å². The number of nitrogens with one attached hydrogen (secondary N) is 2. The highest BCUT2D eigenvalue weighted by molar-refractivity contribution is 5.78. The van der Waals surface area contributed by atoms with Crippen molar-refractivity contribution in [3.63, 3.8) is 0 Å². The number of rotatable bonds is 4. The average molecular weight is 270 g/mol. The molecular formula is C14H14N4O2. The molecule has 3 rings (SSSR count). The van der Waals surface area contributed by atoms with Gasteiger partial charge in [0, 0.05) is 37.0 Å². The van der Waals surface area contributed by atoms with E-state index in [0.29, 0.717) is 5.75 Å². The van der Waals surface area contributed by atoms with E-state index in [9.17, 15) is 5.11 Å². The van der Waals surface area contributed by atoms with Crippen LogP contribution in [-0.2, 0) is 0 Å². The quantitative estimate of drug-likeness (QED) is 0.632. The van der Waals surface area contributed by atoms with Crippen molar-refractivity contribution < 1.29 is 9.84 Å². The second kappa shape index (κ2) is 4.82. The van der Waals surface area contributed by atoms with Crippen LogP contribution in [0.2, 0.25) is 0 Å². The van der Waals surface area contributed by atoms with Crippen LogP contribution in [0.3, 0.4) is 0 Å². The van der Waals surface area contributed by atoms with Gasteiger partial charge in [-0.2, -0.15) is 0 Å². The number of fused-ring (bicyclic) bond motifs is 1. The fourth-order valence-corrected chi connectivity index (χ4v) is 1.94. The Morgan fingerprint density at radius 2 is 2.25 bits per heavy atom. The summed E-state index contributed by atoms with van der Waals surface area (Å²) in [6.45, 7) is 1.53. The lowest BCUT2D eigenvalue weighted by molar-refractivity contribution is -0.0953. The maximum Gasteiger partial charge on any atom is 0.286 e. The van der Waals surface area contributed by atoms with Gasteiger partial charge in [-0.3, -0.25) is 0 Å². The van der Waals surface area contributed by atoms with Crippen LogP contribution < -0.4 is 10.1 Å². The Morgan fingerprint density at radius 1 is 1.35 bits per heavy atom. The SMILES string of the molecule is CC(O)(Nc1cc[nH]c1)Oc1ccc2cncnc2c1. The summed E-state index contributed by atoms with van der Waals surface area (Å²) in [6.07, 6.45) is 6.68. The minimum absolute atomic E-state index is 0.518. The van der Waals surface area contributed by atoms with Crippen LogP contribution in [-0.4, -0.2) is 26.0 Å². The fourth-order valence-electron chi connectivity index (χ4n) is 1.94. The van der Waals surface area contributed by atoms with E-state index in [1.54, 1.807) is 36.8 Å². The van der Waals surface area contributed by atoms with Crippen LogP contribution in [0.25, 0.3) is 10.9 Å². The summed E-state index contributed by atoms with van der Waals surface area (Å²) in [5.74, 6) is -1.01. The van der Waals surface area contributed by atoms with Gasteiger partial charge >= 0.3 is 0 Å². The molecule has 0 aliphatic rings. The van der Waals surface area contributed by atoms with E-state index in [-0.39, 0.29) is 0 Å². The molecule has 102 valence electrons. The maximum absolute atomic E-state index is 10.2. The number of nitrogens with zero attached hydrogens (tertiary/aromatic N) is 2. The largest absolute Gasteiger partial charge is 0.445 e. The fraction of sp³-hybridized carbons (Fsp3) is 0.143. The minimum atomic E-state index is -1.52. The molecule has 3 aromatic rings. The van der Waals surface area contributed by atoms with Crippen LogP contribution in [0.5, 0.6) is 5.75 Å². The summed E-state index contributed by atoms with van der Waals surface area (Å²) < 4.78 is 5.55. The second-order valence-electron chi connectivity index (χ2n) is 4.55. The molecule has 1 unspecified atom stereocenters. The zero-order valence-corrected chi connectivity index (χ0v) is 10.9. The molecule has 0 radical (unpaired) electrons. The first-order valence-corrected chi connectivity index (χ1v) is 6.14. The van der Waals surface area contributed by atoms with Crippen molar-refractivity contribution in [2.75, 3.05) is 5.32 Å². The first kappa shape index (κ1) is 12.4. The average Bonchev–Trinajstić information content (AvgIpc) is 2.90. The van der Waals surface area contributed by atoms with Crippen LogP contribution in [0.4, 0.5) is 5.69 Å². The predicted molar refractivity (Wildman–Crippen MR) is 75.2 cm³/mol. The molecule has 0 amide bonds. The Kier molecular flexibility index (Phi) is 3.00. The highest BCUT2D eigenvalue weighted by atomic mass is 16.6. The van der Waals surface area contributed by atoms with Crippen molar-refractivity contribution in [1.82, 2.24) is 15.0 Å². The Labute approximate surface area is 115 Å². The lowest BCUT2D eigenvalue weighted by atomic mass is 10.2. The lowest BCUT2D eigenvalue weighted by Gasteiger charge is -2.26. The molecule has 20 heavy (non-hydrogen) atoms. The van der Waals surface area contributed by atoms with Crippen molar-refractivity contribution in [3.05, 3.63) is 49.2 Å². The highest BCUT2D eigenvalue weighted by Crippen LogP contribution is 2.22. The molecule has 0 aliphatic heterocycles. The van der Waals surface area contributed by atoms with Crippen molar-refractivity contribution in [3.8, 4) is 5.75 Å². The third kappa shape index (κ3) is 2.70. The van der Waals surface area contributed by atoms with Gasteiger partial charge in [0.15, 0.2) is 0 Å². The minimum Gasteiger partial charge on any atom is -0.445 e. The summed E-state index contributed by atoms with van der Waals surface area (Å²) >= 11 is 0. The number of hydrogen-bond donors (Lipinski definition) is 3. The summed E-state index contributed by atoms with van der Waals surface area (Å²) in [6, 6.07) is 7.16. The van der Waals surface area contributed by atoms with Crippen molar-refractivity contribution in [1.29, 1.82) is 0 Å². The summed E-state index contributed by atoms with van der Waals surface area (Å²) in [4.78, 5) is 11.0. The lowest BCUT2D eigenvalue weighted by Crippen LogP contribution is -2.40. The number of hydrogen-bond acceptors (Lipinski definition) is 5. The van der Waals surface area contributed by atoms with E-state index < -0.39 is 5.91 Å². The molecule has 6 nitrogen and oxygen atoms in total. The van der Waals surface area contributed by atoms with E-state index in [0.717, 1.165) is 16.6 Å². The summed E-state index contributed by atoms with van der Waals surface area (Å²) in [5.41, 5.74) is 1.49. The topological polar surface area (TPSA) is 83.1 Å². The second-order valence-corrected chi connectivity index (χ2v) is 4.55. The molecule has 2 heterocycles. The number of H-pyrrole nitrogens is 1. The Bertz CT molecular complexity index is 710. The molecule has 6 heteroatoms. The van der Waals surface area contributed by atoms with Crippen molar-refractivity contribution in [2.45, 2.75) is 12.8 Å². The smallest absolute Gasteiger partial charge is 0.286 e. The van der Waals surface area contributed by atoms with Gasteiger partial charge in [-0.05, 0) is 18.2 Å². The van der Waals surface area contributed by atoms with Gasteiger partial charge in [-0.15, -0.1) is 0 Å². The van der Waals surface area contributed by atoms with Gasteiger partial charge in [0.25, 0.3) is 5.91 Å². The maximum atomic E-state index is 10.2. The van der Waals surface area contributed by atoms with Gasteiger partial charge in [0.2, 0.25) is 0 Å². The molecule has 1 atom stereocenters. The molecule has 0 aliphatic carbocycles. The number of aromatic nitrogens is 3. The van der Waals surface area contributed by atoms with E-state index in [1.807, 2.05) is 6.07 Å². The molecule has 3 N–H and O–H groups in total. The molecule has 2 aromatic heterocycles. The molecule has 0 saturated heterocycles. The molecule has 0 bridgehead atoms. The van der Waals surface area contributed by atoms with Crippen LogP contribution in [0.15, 0.2) is 49.2 Å². The van der Waals surface area contributed by atoms with Gasteiger partial charge in [-0.25, -0.2) is 9.97 Å². The third-order valence-corrected chi connectivity index (χ3v) is 2.77. The summed E-state index contributed by atoms with van der Waals surface area (Å²) in [7, 11) is 0. The molecular weight excluding hydrogens is 256 g/mol. The molecule has 0 saturated carbocycles. The Morgan fingerprint density at radius 3 is 3.05 bits per heavy atom. The highest BCUT2D eigenvalue weighted by Gasteiger charge is 2.22.